The van der Waals surface area contributed by atoms with Crippen molar-refractivity contribution >= 4 is 17.9 Å². The molecule has 7 heteroatoms. The zero-order valence-corrected chi connectivity index (χ0v) is 22.7. The van der Waals surface area contributed by atoms with Crippen molar-refractivity contribution in [3.05, 3.63) is 102 Å². The molecule has 40 heavy (non-hydrogen) atoms. The van der Waals surface area contributed by atoms with Gasteiger partial charge in [0.2, 0.25) is 0 Å². The molecule has 6 rings (SSSR count). The fraction of sp³-hybridized carbons (Fsp3) is 0.394. The van der Waals surface area contributed by atoms with Gasteiger partial charge in [0.1, 0.15) is 13.2 Å². The highest BCUT2D eigenvalue weighted by Crippen LogP contribution is 2.46. The molecular weight excluding hydrogens is 504 g/mol. The molecule has 3 atom stereocenters. The number of amides is 2. The largest absolute Gasteiger partial charge is 0.447 e. The number of rotatable bonds is 9. The number of para-hydroxylation sites is 1. The lowest BCUT2D eigenvalue weighted by atomic mass is 9.85. The van der Waals surface area contributed by atoms with Crippen LogP contribution in [-0.4, -0.2) is 48.4 Å². The number of fused-ring (bicyclic) bond motifs is 2. The molecule has 0 N–H and O–H groups in total. The average molecular weight is 541 g/mol. The fourth-order valence-electron chi connectivity index (χ4n) is 6.27. The number of hydrogen-bond donors (Lipinski definition) is 0. The van der Waals surface area contributed by atoms with Gasteiger partial charge in [0.05, 0.1) is 18.9 Å². The minimum absolute atomic E-state index is 0.0213. The van der Waals surface area contributed by atoms with Gasteiger partial charge in [-0.05, 0) is 54.9 Å². The summed E-state index contributed by atoms with van der Waals surface area (Å²) in [6.45, 7) is 1.29. The van der Waals surface area contributed by atoms with Gasteiger partial charge >= 0.3 is 12.2 Å². The number of benzene rings is 3. The van der Waals surface area contributed by atoms with Gasteiger partial charge in [-0.1, -0.05) is 78.9 Å². The fourth-order valence-corrected chi connectivity index (χ4v) is 6.27. The third-order valence-electron chi connectivity index (χ3n) is 8.26. The summed E-state index contributed by atoms with van der Waals surface area (Å²) >= 11 is 0. The van der Waals surface area contributed by atoms with Gasteiger partial charge in [-0.2, -0.15) is 0 Å². The van der Waals surface area contributed by atoms with Gasteiger partial charge in [-0.15, -0.1) is 0 Å². The van der Waals surface area contributed by atoms with Gasteiger partial charge in [-0.25, -0.2) is 9.59 Å². The summed E-state index contributed by atoms with van der Waals surface area (Å²) in [4.78, 5) is 30.7. The summed E-state index contributed by atoms with van der Waals surface area (Å²) in [5.74, 6) is 0.127. The van der Waals surface area contributed by atoms with E-state index in [2.05, 4.69) is 6.07 Å². The Morgan fingerprint density at radius 1 is 0.750 bits per heavy atom. The number of carbonyl (C=O) groups is 2. The van der Waals surface area contributed by atoms with Crippen molar-refractivity contribution in [2.24, 2.45) is 5.92 Å². The lowest BCUT2D eigenvalue weighted by molar-refractivity contribution is 0.0357. The highest BCUT2D eigenvalue weighted by Gasteiger charge is 2.51. The predicted molar refractivity (Wildman–Crippen MR) is 152 cm³/mol. The highest BCUT2D eigenvalue weighted by atomic mass is 16.6. The topological polar surface area (TPSA) is 68.3 Å². The summed E-state index contributed by atoms with van der Waals surface area (Å²) in [6, 6.07) is 28.0. The molecule has 208 valence electrons. The Hall–Kier alpha value is -3.84. The Morgan fingerprint density at radius 2 is 1.43 bits per heavy atom. The smallest absolute Gasteiger partial charge is 0.414 e. The molecule has 3 aliphatic rings. The van der Waals surface area contributed by atoms with Crippen LogP contribution >= 0.6 is 0 Å². The molecular formula is C33H36N2O5. The predicted octanol–water partition coefficient (Wildman–Crippen LogP) is 6.35. The normalized spacial score (nSPS) is 21.3. The second-order valence-corrected chi connectivity index (χ2v) is 10.9. The van der Waals surface area contributed by atoms with Crippen LogP contribution in [0.2, 0.25) is 0 Å². The first kappa shape index (κ1) is 26.4. The van der Waals surface area contributed by atoms with E-state index in [0.29, 0.717) is 13.2 Å². The summed E-state index contributed by atoms with van der Waals surface area (Å²) < 4.78 is 17.3. The van der Waals surface area contributed by atoms with Crippen LogP contribution in [-0.2, 0) is 33.8 Å². The molecule has 1 aliphatic heterocycles. The molecule has 0 saturated heterocycles. The summed E-state index contributed by atoms with van der Waals surface area (Å²) in [7, 11) is 0. The van der Waals surface area contributed by atoms with Crippen molar-refractivity contribution in [3.63, 3.8) is 0 Å². The minimum atomic E-state index is -0.331. The zero-order valence-electron chi connectivity index (χ0n) is 22.7. The number of nitrogens with zero attached hydrogens (tertiary/aromatic N) is 2. The highest BCUT2D eigenvalue weighted by molar-refractivity contribution is 5.90. The van der Waals surface area contributed by atoms with Crippen LogP contribution in [0.4, 0.5) is 15.3 Å². The molecule has 0 bridgehead atoms. The molecule has 7 nitrogen and oxygen atoms in total. The van der Waals surface area contributed by atoms with E-state index in [4.69, 9.17) is 14.2 Å². The first-order valence-electron chi connectivity index (χ1n) is 14.3. The lowest BCUT2D eigenvalue weighted by Crippen LogP contribution is -2.52. The van der Waals surface area contributed by atoms with Crippen molar-refractivity contribution < 1.29 is 23.8 Å². The summed E-state index contributed by atoms with van der Waals surface area (Å²) in [5.41, 5.74) is 4.08. The first-order chi connectivity index (χ1) is 19.7. The summed E-state index contributed by atoms with van der Waals surface area (Å²) in [5, 5.41) is 0. The molecule has 0 radical (unpaired) electrons. The van der Waals surface area contributed by atoms with E-state index in [9.17, 15) is 9.59 Å². The SMILES string of the molecule is O=C(OCc1ccccc1)N1c2ccccc2CC2C1CCC2N(C(=O)OCCOCc1ccccc1)C1CC1. The molecule has 2 saturated carbocycles. The Morgan fingerprint density at radius 3 is 2.15 bits per heavy atom. The first-order valence-corrected chi connectivity index (χ1v) is 14.3. The van der Waals surface area contributed by atoms with Crippen LogP contribution < -0.4 is 4.90 Å². The third kappa shape index (κ3) is 5.85. The van der Waals surface area contributed by atoms with Crippen LogP contribution in [0, 0.1) is 5.92 Å². The molecule has 3 aromatic rings. The van der Waals surface area contributed by atoms with Crippen LogP contribution in [0.5, 0.6) is 0 Å². The maximum absolute atomic E-state index is 13.5. The molecule has 1 heterocycles. The lowest BCUT2D eigenvalue weighted by Gasteiger charge is -2.42. The summed E-state index contributed by atoms with van der Waals surface area (Å²) in [6.07, 6.45) is 3.86. The van der Waals surface area contributed by atoms with Gasteiger partial charge < -0.3 is 19.1 Å². The Kier molecular flexibility index (Phi) is 8.00. The van der Waals surface area contributed by atoms with E-state index in [-0.39, 0.29) is 49.4 Å². The van der Waals surface area contributed by atoms with Crippen LogP contribution in [0.15, 0.2) is 84.9 Å². The Bertz CT molecular complexity index is 1300. The third-order valence-corrected chi connectivity index (χ3v) is 8.26. The monoisotopic (exact) mass is 540 g/mol. The standard InChI is InChI=1S/C33H36N2O5/c36-32(39-20-19-38-22-24-9-3-1-4-10-24)34(27-15-16-27)30-17-18-31-28(30)21-26-13-7-8-14-29(26)35(31)33(37)40-23-25-11-5-2-6-12-25/h1-14,27-28,30-31H,15-23H2. The van der Waals surface area contributed by atoms with E-state index in [1.165, 1.54) is 0 Å². The van der Waals surface area contributed by atoms with Crippen LogP contribution in [0.3, 0.4) is 0 Å². The average Bonchev–Trinajstić information content (AvgIpc) is 3.75. The number of hydrogen-bond acceptors (Lipinski definition) is 5. The molecule has 3 aromatic carbocycles. The molecule has 2 fully saturated rings. The van der Waals surface area contributed by atoms with E-state index < -0.39 is 0 Å². The minimum Gasteiger partial charge on any atom is -0.447 e. The molecule has 2 amide bonds. The van der Waals surface area contributed by atoms with Crippen LogP contribution in [0.25, 0.3) is 0 Å². The molecule has 0 spiro atoms. The quantitative estimate of drug-likeness (QED) is 0.296. The van der Waals surface area contributed by atoms with Crippen LogP contribution in [0.1, 0.15) is 42.4 Å². The van der Waals surface area contributed by atoms with E-state index >= 15 is 0 Å². The molecule has 3 unspecified atom stereocenters. The van der Waals surface area contributed by atoms with Gasteiger partial charge in [0, 0.05) is 24.0 Å². The number of carbonyl (C=O) groups excluding carboxylic acids is 2. The second kappa shape index (κ2) is 12.1. The van der Waals surface area contributed by atoms with Gasteiger partial charge in [0.15, 0.2) is 0 Å². The molecule has 2 aliphatic carbocycles. The number of anilines is 1. The van der Waals surface area contributed by atoms with Crippen molar-refractivity contribution in [1.29, 1.82) is 0 Å². The van der Waals surface area contributed by atoms with Crippen molar-refractivity contribution in [3.8, 4) is 0 Å². The second-order valence-electron chi connectivity index (χ2n) is 10.9. The van der Waals surface area contributed by atoms with E-state index in [1.807, 2.05) is 88.7 Å². The van der Waals surface area contributed by atoms with Crippen molar-refractivity contribution in [2.75, 3.05) is 18.1 Å². The van der Waals surface area contributed by atoms with Gasteiger partial charge in [0.25, 0.3) is 0 Å². The van der Waals surface area contributed by atoms with Crippen molar-refractivity contribution in [2.45, 2.75) is 63.4 Å². The van der Waals surface area contributed by atoms with Gasteiger partial charge in [-0.3, -0.25) is 4.90 Å². The number of ether oxygens (including phenoxy) is 3. The molecule has 0 aromatic heterocycles. The Balaban J connectivity index is 1.12. The van der Waals surface area contributed by atoms with E-state index in [0.717, 1.165) is 54.5 Å². The maximum Gasteiger partial charge on any atom is 0.414 e. The zero-order chi connectivity index (χ0) is 27.3. The maximum atomic E-state index is 13.5. The van der Waals surface area contributed by atoms with E-state index in [1.54, 1.807) is 0 Å². The Labute approximate surface area is 235 Å². The van der Waals surface area contributed by atoms with Crippen molar-refractivity contribution in [1.82, 2.24) is 4.90 Å².